The number of halogens is 1. The molecule has 2 atom stereocenters. The number of hydrogen-bond donors (Lipinski definition) is 1. The van der Waals surface area contributed by atoms with Gasteiger partial charge in [0, 0.05) is 24.3 Å². The van der Waals surface area contributed by atoms with Crippen LogP contribution in [0.2, 0.25) is 0 Å². The number of aromatic nitrogens is 1. The Kier molecular flexibility index (Phi) is 4.71. The lowest BCUT2D eigenvalue weighted by molar-refractivity contribution is 0.0810. The van der Waals surface area contributed by atoms with E-state index in [4.69, 9.17) is 4.74 Å². The third-order valence-corrected chi connectivity index (χ3v) is 6.65. The minimum Gasteiger partial charge on any atom is -0.479 e. The van der Waals surface area contributed by atoms with Gasteiger partial charge in [-0.2, -0.15) is 0 Å². The molecule has 1 aromatic carbocycles. The number of rotatable bonds is 2. The second-order valence-corrected chi connectivity index (χ2v) is 8.72. The molecule has 0 saturated carbocycles. The molecule has 28 heavy (non-hydrogen) atoms. The zero-order chi connectivity index (χ0) is 18.8. The Labute approximate surface area is 172 Å². The first kappa shape index (κ1) is 19.3. The van der Waals surface area contributed by atoms with Crippen molar-refractivity contribution in [1.29, 1.82) is 0 Å². The van der Waals surface area contributed by atoms with Gasteiger partial charge in [0.25, 0.3) is 5.91 Å². The van der Waals surface area contributed by atoms with Crippen LogP contribution in [0.25, 0.3) is 5.69 Å². The Morgan fingerprint density at radius 2 is 1.86 bits per heavy atom. The van der Waals surface area contributed by atoms with Crippen molar-refractivity contribution in [2.75, 3.05) is 7.05 Å². The summed E-state index contributed by atoms with van der Waals surface area (Å²) in [6.07, 6.45) is 6.63. The van der Waals surface area contributed by atoms with Crippen molar-refractivity contribution in [3.8, 4) is 11.4 Å². The number of amides is 1. The number of piperidine rings is 1. The molecule has 3 aliphatic heterocycles. The van der Waals surface area contributed by atoms with E-state index in [1.165, 1.54) is 12.8 Å². The summed E-state index contributed by atoms with van der Waals surface area (Å²) >= 11 is 0. The van der Waals surface area contributed by atoms with Crippen LogP contribution in [-0.4, -0.2) is 40.5 Å². The van der Waals surface area contributed by atoms with Gasteiger partial charge in [0.2, 0.25) is 0 Å². The second kappa shape index (κ2) is 6.82. The lowest BCUT2D eigenvalue weighted by atomic mass is 9.97. The molecule has 0 spiro atoms. The minimum atomic E-state index is -0.473. The smallest absolute Gasteiger partial charge is 0.255 e. The number of carbonyl (C=O) groups excluding carboxylic acids is 1. The van der Waals surface area contributed by atoms with Crippen LogP contribution >= 0.6 is 12.4 Å². The Morgan fingerprint density at radius 1 is 1.14 bits per heavy atom. The molecule has 3 aliphatic rings. The molecule has 2 bridgehead atoms. The standard InChI is InChI=1S/C22H27N3O2.ClH/c1-22(2)19-8-5-11-25(19)18-7-4-6-17(20(18)27-22)21(26)23-14-12-15-9-10-16(13-14)24(15)3;/h4-8,11,14-16H,9-10,12-13H2,1-3H3,(H,23,26);1H. The summed E-state index contributed by atoms with van der Waals surface area (Å²) in [6.45, 7) is 4.09. The fraction of sp³-hybridized carbons (Fsp3) is 0.500. The molecule has 150 valence electrons. The third kappa shape index (κ3) is 2.92. The number of nitrogens with one attached hydrogen (secondary N) is 1. The highest BCUT2D eigenvalue weighted by Crippen LogP contribution is 2.41. The fourth-order valence-electron chi connectivity index (χ4n) is 5.18. The van der Waals surface area contributed by atoms with Crippen molar-refractivity contribution in [1.82, 2.24) is 14.8 Å². The van der Waals surface area contributed by atoms with Crippen molar-refractivity contribution in [3.63, 3.8) is 0 Å². The van der Waals surface area contributed by atoms with E-state index in [9.17, 15) is 4.79 Å². The van der Waals surface area contributed by atoms with Gasteiger partial charge < -0.3 is 19.5 Å². The van der Waals surface area contributed by atoms with Gasteiger partial charge in [0.1, 0.15) is 5.60 Å². The van der Waals surface area contributed by atoms with Gasteiger partial charge >= 0.3 is 0 Å². The maximum absolute atomic E-state index is 13.1. The number of para-hydroxylation sites is 1. The molecular formula is C22H28ClN3O2. The lowest BCUT2D eigenvalue weighted by Crippen LogP contribution is -2.48. The van der Waals surface area contributed by atoms with Crippen LogP contribution in [0.4, 0.5) is 0 Å². The average molecular weight is 402 g/mol. The summed E-state index contributed by atoms with van der Waals surface area (Å²) < 4.78 is 8.46. The Balaban J connectivity index is 0.00000192. The van der Waals surface area contributed by atoms with Crippen LogP contribution in [0.3, 0.4) is 0 Å². The van der Waals surface area contributed by atoms with Crippen LogP contribution in [-0.2, 0) is 5.60 Å². The number of nitrogens with zero attached hydrogens (tertiary/aromatic N) is 2. The van der Waals surface area contributed by atoms with Gasteiger partial charge in [-0.15, -0.1) is 12.4 Å². The molecule has 0 aliphatic carbocycles. The average Bonchev–Trinajstić information content (AvgIpc) is 3.18. The second-order valence-electron chi connectivity index (χ2n) is 8.72. The van der Waals surface area contributed by atoms with E-state index < -0.39 is 5.60 Å². The van der Waals surface area contributed by atoms with Crippen LogP contribution < -0.4 is 10.1 Å². The zero-order valence-electron chi connectivity index (χ0n) is 16.6. The summed E-state index contributed by atoms with van der Waals surface area (Å²) in [5.74, 6) is 0.659. The van der Waals surface area contributed by atoms with E-state index in [0.29, 0.717) is 23.4 Å². The van der Waals surface area contributed by atoms with Crippen LogP contribution in [0.1, 0.15) is 55.6 Å². The van der Waals surface area contributed by atoms with Crippen LogP contribution in [0.15, 0.2) is 36.5 Å². The van der Waals surface area contributed by atoms with Gasteiger partial charge in [-0.05, 0) is 70.8 Å². The van der Waals surface area contributed by atoms with Crippen LogP contribution in [0, 0.1) is 0 Å². The van der Waals surface area contributed by atoms with E-state index in [1.807, 2.05) is 44.3 Å². The lowest BCUT2D eigenvalue weighted by Gasteiger charge is -2.37. The minimum absolute atomic E-state index is 0. The van der Waals surface area contributed by atoms with E-state index in [2.05, 4.69) is 27.9 Å². The van der Waals surface area contributed by atoms with Gasteiger partial charge in [-0.1, -0.05) is 6.07 Å². The molecule has 1 N–H and O–H groups in total. The predicted octanol–water partition coefficient (Wildman–Crippen LogP) is 3.88. The van der Waals surface area contributed by atoms with E-state index >= 15 is 0 Å². The maximum Gasteiger partial charge on any atom is 0.255 e. The highest BCUT2D eigenvalue weighted by molar-refractivity contribution is 5.98. The monoisotopic (exact) mass is 401 g/mol. The van der Waals surface area contributed by atoms with Gasteiger partial charge in [-0.3, -0.25) is 4.79 Å². The summed E-state index contributed by atoms with van der Waals surface area (Å²) in [7, 11) is 2.22. The van der Waals surface area contributed by atoms with Crippen molar-refractivity contribution in [2.45, 2.75) is 63.3 Å². The van der Waals surface area contributed by atoms with Gasteiger partial charge in [-0.25, -0.2) is 0 Å². The van der Waals surface area contributed by atoms with E-state index in [-0.39, 0.29) is 24.4 Å². The highest BCUT2D eigenvalue weighted by Gasteiger charge is 2.40. The fourth-order valence-corrected chi connectivity index (χ4v) is 5.18. The molecule has 5 rings (SSSR count). The molecule has 4 heterocycles. The predicted molar refractivity (Wildman–Crippen MR) is 112 cm³/mol. The number of hydrogen-bond acceptors (Lipinski definition) is 3. The Hall–Kier alpha value is -1.98. The Bertz CT molecular complexity index is 893. The SMILES string of the molecule is CN1C2CCC1CC(NC(=O)c1cccc3c1OC(C)(C)c1cccn1-3)C2.Cl. The van der Waals surface area contributed by atoms with Crippen molar-refractivity contribution >= 4 is 18.3 Å². The largest absolute Gasteiger partial charge is 0.479 e. The summed E-state index contributed by atoms with van der Waals surface area (Å²) in [6, 6.07) is 11.4. The van der Waals surface area contributed by atoms with Crippen molar-refractivity contribution in [3.05, 3.63) is 47.8 Å². The zero-order valence-corrected chi connectivity index (χ0v) is 17.5. The molecule has 6 heteroatoms. The highest BCUT2D eigenvalue weighted by atomic mass is 35.5. The quantitative estimate of drug-likeness (QED) is 0.830. The molecule has 2 unspecified atom stereocenters. The van der Waals surface area contributed by atoms with Crippen molar-refractivity contribution in [2.24, 2.45) is 0 Å². The summed E-state index contributed by atoms with van der Waals surface area (Å²) in [5.41, 5.74) is 2.19. The van der Waals surface area contributed by atoms with Crippen molar-refractivity contribution < 1.29 is 9.53 Å². The first-order valence-electron chi connectivity index (χ1n) is 9.97. The first-order chi connectivity index (χ1) is 12.9. The number of carbonyl (C=O) groups is 1. The topological polar surface area (TPSA) is 46.5 Å². The molecule has 1 aromatic heterocycles. The number of ether oxygens (including phenoxy) is 1. The molecule has 1 amide bonds. The first-order valence-corrected chi connectivity index (χ1v) is 9.97. The summed E-state index contributed by atoms with van der Waals surface area (Å²) in [5, 5.41) is 3.30. The van der Waals surface area contributed by atoms with Gasteiger partial charge in [0.15, 0.2) is 5.75 Å². The molecule has 0 radical (unpaired) electrons. The molecule has 2 saturated heterocycles. The number of fused-ring (bicyclic) bond motifs is 5. The molecule has 2 fully saturated rings. The van der Waals surface area contributed by atoms with Crippen LogP contribution in [0.5, 0.6) is 5.75 Å². The van der Waals surface area contributed by atoms with E-state index in [0.717, 1.165) is 24.2 Å². The maximum atomic E-state index is 13.1. The Morgan fingerprint density at radius 3 is 2.57 bits per heavy atom. The van der Waals surface area contributed by atoms with E-state index in [1.54, 1.807) is 0 Å². The number of benzene rings is 1. The summed E-state index contributed by atoms with van der Waals surface area (Å²) in [4.78, 5) is 15.6. The normalized spacial score (nSPS) is 27.2. The third-order valence-electron chi connectivity index (χ3n) is 6.65. The molecular weight excluding hydrogens is 374 g/mol. The van der Waals surface area contributed by atoms with Gasteiger partial charge in [0.05, 0.1) is 16.9 Å². The molecule has 2 aromatic rings. The molecule has 5 nitrogen and oxygen atoms in total.